The summed E-state index contributed by atoms with van der Waals surface area (Å²) in [4.78, 5) is 11.9. The van der Waals surface area contributed by atoms with E-state index in [9.17, 15) is 15.0 Å². The van der Waals surface area contributed by atoms with Gasteiger partial charge in [0.15, 0.2) is 6.10 Å². The SMILES string of the molecule is CC(O)(CNC(=O)C(O)c1ccccc1)c1ccsc1. The molecule has 0 aliphatic rings. The molecule has 1 aromatic heterocycles. The Balaban J connectivity index is 1.96. The number of aliphatic hydroxyl groups excluding tert-OH is 1. The molecule has 0 spiro atoms. The van der Waals surface area contributed by atoms with E-state index < -0.39 is 17.6 Å². The molecule has 1 amide bonds. The number of carbonyl (C=O) groups is 1. The molecule has 0 bridgehead atoms. The van der Waals surface area contributed by atoms with Crippen molar-refractivity contribution in [1.29, 1.82) is 0 Å². The maximum Gasteiger partial charge on any atom is 0.253 e. The lowest BCUT2D eigenvalue weighted by Crippen LogP contribution is -2.40. The highest BCUT2D eigenvalue weighted by Crippen LogP contribution is 2.22. The molecule has 2 unspecified atom stereocenters. The Labute approximate surface area is 121 Å². The van der Waals surface area contributed by atoms with E-state index in [4.69, 9.17) is 0 Å². The van der Waals surface area contributed by atoms with Crippen molar-refractivity contribution in [3.63, 3.8) is 0 Å². The third-order valence-corrected chi connectivity index (χ3v) is 3.80. The van der Waals surface area contributed by atoms with Crippen LogP contribution in [-0.4, -0.2) is 22.7 Å². The molecular weight excluding hydrogens is 274 g/mol. The van der Waals surface area contributed by atoms with Gasteiger partial charge in [0.2, 0.25) is 0 Å². The summed E-state index contributed by atoms with van der Waals surface area (Å²) in [7, 11) is 0. The highest BCUT2D eigenvalue weighted by Gasteiger charge is 2.26. The number of hydrogen-bond donors (Lipinski definition) is 3. The summed E-state index contributed by atoms with van der Waals surface area (Å²) >= 11 is 1.48. The normalized spacial score (nSPS) is 15.3. The minimum absolute atomic E-state index is 0.0481. The third kappa shape index (κ3) is 3.45. The van der Waals surface area contributed by atoms with Gasteiger partial charge in [-0.25, -0.2) is 0 Å². The number of amides is 1. The molecule has 0 aliphatic carbocycles. The molecule has 0 saturated carbocycles. The van der Waals surface area contributed by atoms with E-state index in [1.165, 1.54) is 11.3 Å². The van der Waals surface area contributed by atoms with E-state index in [2.05, 4.69) is 5.32 Å². The number of carbonyl (C=O) groups excluding carboxylic acids is 1. The molecule has 2 aromatic rings. The molecule has 1 heterocycles. The Morgan fingerprint density at radius 2 is 2.05 bits per heavy atom. The fourth-order valence-corrected chi connectivity index (χ4v) is 2.60. The van der Waals surface area contributed by atoms with Crippen molar-refractivity contribution in [2.24, 2.45) is 0 Å². The molecule has 2 rings (SSSR count). The first-order valence-corrected chi connectivity index (χ1v) is 7.21. The van der Waals surface area contributed by atoms with Crippen molar-refractivity contribution in [3.8, 4) is 0 Å². The van der Waals surface area contributed by atoms with Crippen LogP contribution in [-0.2, 0) is 10.4 Å². The summed E-state index contributed by atoms with van der Waals surface area (Å²) in [5.74, 6) is -0.522. The highest BCUT2D eigenvalue weighted by molar-refractivity contribution is 7.08. The number of benzene rings is 1. The van der Waals surface area contributed by atoms with Gasteiger partial charge in [0, 0.05) is 0 Å². The molecule has 1 aromatic carbocycles. The van der Waals surface area contributed by atoms with Gasteiger partial charge in [0.1, 0.15) is 5.60 Å². The minimum Gasteiger partial charge on any atom is -0.384 e. The van der Waals surface area contributed by atoms with Gasteiger partial charge in [-0.1, -0.05) is 30.3 Å². The number of nitrogens with one attached hydrogen (secondary N) is 1. The molecule has 4 nitrogen and oxygen atoms in total. The summed E-state index contributed by atoms with van der Waals surface area (Å²) < 4.78 is 0. The molecule has 20 heavy (non-hydrogen) atoms. The predicted octanol–water partition coefficient (Wildman–Crippen LogP) is 1.81. The lowest BCUT2D eigenvalue weighted by molar-refractivity contribution is -0.130. The number of hydrogen-bond acceptors (Lipinski definition) is 4. The Kier molecular flexibility index (Phi) is 4.54. The standard InChI is InChI=1S/C15H17NO3S/c1-15(19,12-7-8-20-9-12)10-16-14(18)13(17)11-5-3-2-4-6-11/h2-9,13,17,19H,10H2,1H3,(H,16,18). The molecule has 5 heteroatoms. The van der Waals surface area contributed by atoms with Crippen molar-refractivity contribution in [1.82, 2.24) is 5.32 Å². The van der Waals surface area contributed by atoms with E-state index in [1.54, 1.807) is 31.2 Å². The van der Waals surface area contributed by atoms with Gasteiger partial charge in [-0.3, -0.25) is 4.79 Å². The Morgan fingerprint density at radius 1 is 1.35 bits per heavy atom. The first-order chi connectivity index (χ1) is 9.50. The fourth-order valence-electron chi connectivity index (χ4n) is 1.82. The molecule has 106 valence electrons. The van der Waals surface area contributed by atoms with Crippen molar-refractivity contribution >= 4 is 17.2 Å². The van der Waals surface area contributed by atoms with Crippen LogP contribution in [0.15, 0.2) is 47.2 Å². The average Bonchev–Trinajstić information content (AvgIpc) is 3.00. The van der Waals surface area contributed by atoms with E-state index >= 15 is 0 Å². The van der Waals surface area contributed by atoms with Crippen LogP contribution >= 0.6 is 11.3 Å². The Morgan fingerprint density at radius 3 is 2.65 bits per heavy atom. The summed E-state index contributed by atoms with van der Waals surface area (Å²) in [5.41, 5.74) is 0.128. The Hall–Kier alpha value is -1.69. The van der Waals surface area contributed by atoms with Crippen LogP contribution in [0.3, 0.4) is 0 Å². The maximum absolute atomic E-state index is 11.9. The van der Waals surface area contributed by atoms with E-state index in [0.29, 0.717) is 5.56 Å². The second-order valence-corrected chi connectivity index (χ2v) is 5.60. The van der Waals surface area contributed by atoms with Gasteiger partial charge in [-0.05, 0) is 34.9 Å². The minimum atomic E-state index is -1.23. The first-order valence-electron chi connectivity index (χ1n) is 6.26. The van der Waals surface area contributed by atoms with Crippen LogP contribution in [0.25, 0.3) is 0 Å². The third-order valence-electron chi connectivity index (χ3n) is 3.11. The fraction of sp³-hybridized carbons (Fsp3) is 0.267. The van der Waals surface area contributed by atoms with Gasteiger partial charge in [-0.2, -0.15) is 11.3 Å². The highest BCUT2D eigenvalue weighted by atomic mass is 32.1. The molecule has 0 saturated heterocycles. The number of aliphatic hydroxyl groups is 2. The molecule has 0 radical (unpaired) electrons. The molecule has 0 aliphatic heterocycles. The van der Waals surface area contributed by atoms with E-state index in [1.807, 2.05) is 22.9 Å². The van der Waals surface area contributed by atoms with Crippen molar-refractivity contribution < 1.29 is 15.0 Å². The largest absolute Gasteiger partial charge is 0.384 e. The van der Waals surface area contributed by atoms with Crippen LogP contribution in [0, 0.1) is 0 Å². The summed E-state index contributed by atoms with van der Waals surface area (Å²) in [6, 6.07) is 10.5. The molecule has 2 atom stereocenters. The predicted molar refractivity (Wildman–Crippen MR) is 78.3 cm³/mol. The smallest absolute Gasteiger partial charge is 0.253 e. The zero-order chi connectivity index (χ0) is 14.6. The van der Waals surface area contributed by atoms with Crippen LogP contribution < -0.4 is 5.32 Å². The van der Waals surface area contributed by atoms with Crippen LogP contribution in [0.5, 0.6) is 0 Å². The monoisotopic (exact) mass is 291 g/mol. The zero-order valence-electron chi connectivity index (χ0n) is 11.1. The zero-order valence-corrected chi connectivity index (χ0v) is 11.9. The summed E-state index contributed by atoms with van der Waals surface area (Å²) in [5, 5.41) is 26.5. The lowest BCUT2D eigenvalue weighted by Gasteiger charge is -2.23. The van der Waals surface area contributed by atoms with E-state index in [0.717, 1.165) is 5.56 Å². The average molecular weight is 291 g/mol. The van der Waals surface area contributed by atoms with Gasteiger partial charge in [0.25, 0.3) is 5.91 Å². The van der Waals surface area contributed by atoms with Crippen LogP contribution in [0.1, 0.15) is 24.2 Å². The van der Waals surface area contributed by atoms with Crippen molar-refractivity contribution in [2.75, 3.05) is 6.54 Å². The van der Waals surface area contributed by atoms with Gasteiger partial charge in [-0.15, -0.1) is 0 Å². The first kappa shape index (κ1) is 14.7. The molecule has 0 fully saturated rings. The van der Waals surface area contributed by atoms with Gasteiger partial charge < -0.3 is 15.5 Å². The number of thiophene rings is 1. The van der Waals surface area contributed by atoms with Crippen LogP contribution in [0.4, 0.5) is 0 Å². The van der Waals surface area contributed by atoms with Crippen molar-refractivity contribution in [2.45, 2.75) is 18.6 Å². The second-order valence-electron chi connectivity index (χ2n) is 4.82. The molecular formula is C15H17NO3S. The maximum atomic E-state index is 11.9. The Bertz CT molecular complexity index is 552. The number of rotatable bonds is 5. The summed E-state index contributed by atoms with van der Waals surface area (Å²) in [6.45, 7) is 1.68. The van der Waals surface area contributed by atoms with Crippen molar-refractivity contribution in [3.05, 3.63) is 58.3 Å². The van der Waals surface area contributed by atoms with Crippen LogP contribution in [0.2, 0.25) is 0 Å². The quantitative estimate of drug-likeness (QED) is 0.787. The summed E-state index contributed by atoms with van der Waals surface area (Å²) in [6.07, 6.45) is -1.23. The van der Waals surface area contributed by atoms with E-state index in [-0.39, 0.29) is 6.54 Å². The second kappa shape index (κ2) is 6.17. The van der Waals surface area contributed by atoms with Gasteiger partial charge in [0.05, 0.1) is 6.54 Å². The lowest BCUT2D eigenvalue weighted by atomic mass is 9.99. The topological polar surface area (TPSA) is 69.6 Å². The van der Waals surface area contributed by atoms with Gasteiger partial charge >= 0.3 is 0 Å². The molecule has 3 N–H and O–H groups in total.